The largest absolute Gasteiger partial charge is 0.462 e. The van der Waals surface area contributed by atoms with Crippen LogP contribution in [0.15, 0.2) is 109 Å². The van der Waals surface area contributed by atoms with Gasteiger partial charge in [-0.1, -0.05) is 278 Å². The van der Waals surface area contributed by atoms with E-state index in [0.29, 0.717) is 19.3 Å². The molecule has 0 fully saturated rings. The molecule has 0 aliphatic rings. The van der Waals surface area contributed by atoms with Crippen molar-refractivity contribution in [1.82, 2.24) is 0 Å². The second-order valence-electron chi connectivity index (χ2n) is 21.3. The SMILES string of the molecule is CC/C=C\C/C=C\C/C=C\C/C=C\C/C=C\C/C=C\C/C=C\CCCC(=O)OC(COC(=O)CCCCCCC/C=C\CCCC)COC(=O)CCCCCCCCCCCCCCC/C=C\CCCCCCCCCC. The maximum atomic E-state index is 12.9. The first-order valence-corrected chi connectivity index (χ1v) is 32.4. The third-order valence-electron chi connectivity index (χ3n) is 13.7. The van der Waals surface area contributed by atoms with Crippen LogP contribution >= 0.6 is 0 Å². The van der Waals surface area contributed by atoms with Gasteiger partial charge in [0.2, 0.25) is 0 Å². The Kier molecular flexibility index (Phi) is 61.3. The molecule has 0 saturated heterocycles. The van der Waals surface area contributed by atoms with E-state index in [-0.39, 0.29) is 37.5 Å². The van der Waals surface area contributed by atoms with Crippen molar-refractivity contribution in [2.75, 3.05) is 13.2 Å². The Morgan fingerprint density at radius 1 is 0.273 bits per heavy atom. The van der Waals surface area contributed by atoms with Gasteiger partial charge >= 0.3 is 17.9 Å². The van der Waals surface area contributed by atoms with E-state index in [9.17, 15) is 14.4 Å². The zero-order valence-electron chi connectivity index (χ0n) is 50.4. The molecule has 1 unspecified atom stereocenters. The number of allylic oxidation sites excluding steroid dienone is 18. The minimum Gasteiger partial charge on any atom is -0.462 e. The average molecular weight is 1070 g/mol. The number of hydrogen-bond donors (Lipinski definition) is 0. The lowest BCUT2D eigenvalue weighted by Crippen LogP contribution is -2.30. The number of carbonyl (C=O) groups is 3. The summed E-state index contributed by atoms with van der Waals surface area (Å²) in [5, 5.41) is 0. The molecule has 0 spiro atoms. The minimum atomic E-state index is -0.814. The van der Waals surface area contributed by atoms with Gasteiger partial charge in [-0.2, -0.15) is 0 Å². The molecule has 6 heteroatoms. The molecule has 1 atom stereocenters. The fourth-order valence-electron chi connectivity index (χ4n) is 8.88. The Labute approximate surface area is 476 Å². The van der Waals surface area contributed by atoms with Crippen molar-refractivity contribution in [2.24, 2.45) is 0 Å². The van der Waals surface area contributed by atoms with Crippen LogP contribution < -0.4 is 0 Å². The highest BCUT2D eigenvalue weighted by molar-refractivity contribution is 5.71. The van der Waals surface area contributed by atoms with Crippen LogP contribution in [0.2, 0.25) is 0 Å². The Bertz CT molecular complexity index is 1560. The van der Waals surface area contributed by atoms with Gasteiger partial charge in [0.25, 0.3) is 0 Å². The fourth-order valence-corrected chi connectivity index (χ4v) is 8.88. The van der Waals surface area contributed by atoms with Crippen LogP contribution in [0, 0.1) is 0 Å². The predicted molar refractivity (Wildman–Crippen MR) is 334 cm³/mol. The highest BCUT2D eigenvalue weighted by Crippen LogP contribution is 2.16. The Morgan fingerprint density at radius 3 is 0.883 bits per heavy atom. The van der Waals surface area contributed by atoms with Crippen molar-refractivity contribution >= 4 is 17.9 Å². The van der Waals surface area contributed by atoms with Gasteiger partial charge in [0.05, 0.1) is 0 Å². The summed E-state index contributed by atoms with van der Waals surface area (Å²) in [6.07, 6.45) is 88.3. The molecule has 0 radical (unpaired) electrons. The molecular formula is C71H120O6. The lowest BCUT2D eigenvalue weighted by molar-refractivity contribution is -0.167. The van der Waals surface area contributed by atoms with E-state index >= 15 is 0 Å². The predicted octanol–water partition coefficient (Wildman–Crippen LogP) is 22.2. The molecule has 6 nitrogen and oxygen atoms in total. The first-order chi connectivity index (χ1) is 38.0. The van der Waals surface area contributed by atoms with Crippen molar-refractivity contribution in [2.45, 2.75) is 309 Å². The molecule has 77 heavy (non-hydrogen) atoms. The third-order valence-corrected chi connectivity index (χ3v) is 13.7. The van der Waals surface area contributed by atoms with Crippen LogP contribution in [0.3, 0.4) is 0 Å². The van der Waals surface area contributed by atoms with Gasteiger partial charge in [-0.25, -0.2) is 0 Å². The van der Waals surface area contributed by atoms with Crippen LogP contribution in [0.1, 0.15) is 303 Å². The summed E-state index contributed by atoms with van der Waals surface area (Å²) in [6.45, 7) is 6.45. The monoisotopic (exact) mass is 1070 g/mol. The molecule has 0 rings (SSSR count). The lowest BCUT2D eigenvalue weighted by Gasteiger charge is -2.18. The number of carbonyl (C=O) groups excluding carboxylic acids is 3. The van der Waals surface area contributed by atoms with Crippen molar-refractivity contribution in [3.05, 3.63) is 109 Å². The second-order valence-corrected chi connectivity index (χ2v) is 21.3. The standard InChI is InChI=1S/C71H120O6/c1-4-7-10-13-16-19-22-24-26-28-30-32-34-35-37-38-40-42-44-46-49-52-55-58-61-64-70(73)76-67-68(66-75-69(72)63-60-57-54-51-48-21-18-15-12-9-6-3)77-71(74)65-62-59-56-53-50-47-45-43-41-39-36-33-31-29-27-25-23-20-17-14-11-8-5-2/h8,11,15,17-18,20,25,27-28,30-31,33,39,41,45,47,53,56,68H,4-7,9-10,12-14,16,19,21-24,26,29,32,34-38,40,42-44,46,48-52,54-55,57-67H2,1-3H3/b11-8-,18-15-,20-17-,27-25-,30-28-,33-31-,41-39-,47-45-,56-53-. The summed E-state index contributed by atoms with van der Waals surface area (Å²) in [5.41, 5.74) is 0. The molecule has 0 aromatic rings. The maximum absolute atomic E-state index is 12.9. The van der Waals surface area contributed by atoms with E-state index in [4.69, 9.17) is 14.2 Å². The summed E-state index contributed by atoms with van der Waals surface area (Å²) in [5.74, 6) is -0.969. The molecule has 440 valence electrons. The number of rotatable bonds is 58. The van der Waals surface area contributed by atoms with Gasteiger partial charge in [0.15, 0.2) is 6.10 Å². The molecule has 0 aromatic carbocycles. The normalized spacial score (nSPS) is 12.8. The molecule has 0 bridgehead atoms. The number of esters is 3. The zero-order chi connectivity index (χ0) is 55.7. The van der Waals surface area contributed by atoms with Gasteiger partial charge in [-0.3, -0.25) is 14.4 Å². The van der Waals surface area contributed by atoms with E-state index in [1.807, 2.05) is 0 Å². The van der Waals surface area contributed by atoms with Crippen molar-refractivity contribution < 1.29 is 28.6 Å². The molecule has 0 aromatic heterocycles. The Hall–Kier alpha value is -3.93. The Balaban J connectivity index is 4.36. The summed E-state index contributed by atoms with van der Waals surface area (Å²) in [4.78, 5) is 38.2. The highest BCUT2D eigenvalue weighted by Gasteiger charge is 2.19. The number of ether oxygens (including phenoxy) is 3. The third kappa shape index (κ3) is 62.8. The van der Waals surface area contributed by atoms with Crippen molar-refractivity contribution in [3.8, 4) is 0 Å². The second kappa shape index (κ2) is 64.6. The molecule has 0 amide bonds. The Morgan fingerprint density at radius 2 is 0.532 bits per heavy atom. The highest BCUT2D eigenvalue weighted by atomic mass is 16.6. The first-order valence-electron chi connectivity index (χ1n) is 32.4. The summed E-state index contributed by atoms with van der Waals surface area (Å²) < 4.78 is 16.8. The maximum Gasteiger partial charge on any atom is 0.306 e. The summed E-state index contributed by atoms with van der Waals surface area (Å²) in [6, 6.07) is 0. The van der Waals surface area contributed by atoms with Crippen LogP contribution in [-0.4, -0.2) is 37.2 Å². The molecule has 0 N–H and O–H groups in total. The van der Waals surface area contributed by atoms with Crippen LogP contribution in [0.4, 0.5) is 0 Å². The number of hydrogen-bond acceptors (Lipinski definition) is 6. The fraction of sp³-hybridized carbons (Fsp3) is 0.704. The zero-order valence-corrected chi connectivity index (χ0v) is 50.4. The average Bonchev–Trinajstić information content (AvgIpc) is 3.43. The molecule has 0 saturated carbocycles. The van der Waals surface area contributed by atoms with Crippen LogP contribution in [0.25, 0.3) is 0 Å². The quantitative estimate of drug-likeness (QED) is 0.0261. The van der Waals surface area contributed by atoms with Crippen molar-refractivity contribution in [1.29, 1.82) is 0 Å². The van der Waals surface area contributed by atoms with Crippen LogP contribution in [-0.2, 0) is 28.6 Å². The summed E-state index contributed by atoms with van der Waals surface area (Å²) >= 11 is 0. The summed E-state index contributed by atoms with van der Waals surface area (Å²) in [7, 11) is 0. The number of unbranched alkanes of at least 4 members (excludes halogenated alkanes) is 29. The van der Waals surface area contributed by atoms with Gasteiger partial charge in [0.1, 0.15) is 13.2 Å². The smallest absolute Gasteiger partial charge is 0.306 e. The molecule has 0 heterocycles. The van der Waals surface area contributed by atoms with Gasteiger partial charge in [0, 0.05) is 19.3 Å². The minimum absolute atomic E-state index is 0.104. The van der Waals surface area contributed by atoms with E-state index in [2.05, 4.69) is 130 Å². The van der Waals surface area contributed by atoms with E-state index in [1.165, 1.54) is 154 Å². The van der Waals surface area contributed by atoms with E-state index in [0.717, 1.165) is 103 Å². The topological polar surface area (TPSA) is 78.9 Å². The van der Waals surface area contributed by atoms with Gasteiger partial charge in [-0.05, 0) is 116 Å². The molecule has 0 aliphatic carbocycles. The van der Waals surface area contributed by atoms with Gasteiger partial charge < -0.3 is 14.2 Å². The van der Waals surface area contributed by atoms with Gasteiger partial charge in [-0.15, -0.1) is 0 Å². The van der Waals surface area contributed by atoms with E-state index in [1.54, 1.807) is 0 Å². The van der Waals surface area contributed by atoms with Crippen LogP contribution in [0.5, 0.6) is 0 Å². The van der Waals surface area contributed by atoms with Crippen molar-refractivity contribution in [3.63, 3.8) is 0 Å². The molecular weight excluding hydrogens is 949 g/mol. The van der Waals surface area contributed by atoms with E-state index < -0.39 is 6.10 Å². The first kappa shape index (κ1) is 73.1. The molecule has 0 aliphatic heterocycles. The lowest BCUT2D eigenvalue weighted by atomic mass is 10.0.